The second kappa shape index (κ2) is 7.73. The molecule has 0 fully saturated rings. The van der Waals surface area contributed by atoms with E-state index in [1.54, 1.807) is 24.3 Å². The van der Waals surface area contributed by atoms with Gasteiger partial charge in [0.05, 0.1) is 0 Å². The zero-order valence-electron chi connectivity index (χ0n) is 12.9. The third-order valence-corrected chi connectivity index (χ3v) is 7.33. The minimum Gasteiger partial charge on any atom is -0.210 e. The zero-order chi connectivity index (χ0) is 16.9. The molecule has 0 saturated carbocycles. The molecule has 0 nitrogen and oxygen atoms in total. The van der Waals surface area contributed by atoms with Crippen molar-refractivity contribution in [1.29, 1.82) is 0 Å². The Bertz CT molecular complexity index is 721. The summed E-state index contributed by atoms with van der Waals surface area (Å²) in [4.78, 5) is 0. The van der Waals surface area contributed by atoms with Gasteiger partial charge in [0.25, 0.3) is 0 Å². The maximum Gasteiger partial charge on any atom is 0.243 e. The summed E-state index contributed by atoms with van der Waals surface area (Å²) in [5.74, 6) is 0. The molecule has 0 spiro atoms. The lowest BCUT2D eigenvalue weighted by Gasteiger charge is -2.26. The van der Waals surface area contributed by atoms with Crippen LogP contribution in [0.3, 0.4) is 0 Å². The normalized spacial score (nSPS) is 12.5. The van der Waals surface area contributed by atoms with Crippen molar-refractivity contribution in [3.63, 3.8) is 0 Å². The number of benzene rings is 3. The molecule has 0 aromatic heterocycles. The highest BCUT2D eigenvalue weighted by Crippen LogP contribution is 2.27. The van der Waals surface area contributed by atoms with Crippen LogP contribution < -0.4 is 10.4 Å². The van der Waals surface area contributed by atoms with Gasteiger partial charge in [0.2, 0.25) is 6.43 Å². The average Bonchev–Trinajstić information content (AvgIpc) is 2.62. The van der Waals surface area contributed by atoms with E-state index in [2.05, 4.69) is 0 Å². The lowest BCUT2D eigenvalue weighted by atomic mass is 10.1. The summed E-state index contributed by atoms with van der Waals surface area (Å²) in [6, 6.07) is 26.1. The summed E-state index contributed by atoms with van der Waals surface area (Å²) in [5.41, 5.74) is -0.201. The van der Waals surface area contributed by atoms with Gasteiger partial charge in [0.1, 0.15) is 8.80 Å². The zero-order valence-corrected chi connectivity index (χ0v) is 14.6. The molecule has 4 heteroatoms. The minimum absolute atomic E-state index is 0.556. The van der Waals surface area contributed by atoms with Gasteiger partial charge in [-0.3, -0.25) is 0 Å². The second-order valence-corrected chi connectivity index (χ2v) is 8.55. The fourth-order valence-electron chi connectivity index (χ4n) is 2.87. The Balaban J connectivity index is 2.13. The lowest BCUT2D eigenvalue weighted by molar-refractivity contribution is 0.141. The first kappa shape index (κ1) is 16.9. The topological polar surface area (TPSA) is 0 Å². The van der Waals surface area contributed by atoms with Crippen LogP contribution in [0, 0.1) is 0 Å². The van der Waals surface area contributed by atoms with E-state index in [4.69, 9.17) is 11.6 Å². The Hall–Kier alpha value is -1.97. The van der Waals surface area contributed by atoms with E-state index in [0.717, 1.165) is 10.4 Å². The van der Waals surface area contributed by atoms with E-state index >= 15 is 0 Å². The first-order chi connectivity index (χ1) is 11.7. The molecule has 121 valence electrons. The van der Waals surface area contributed by atoms with E-state index < -0.39 is 20.8 Å². The van der Waals surface area contributed by atoms with Crippen molar-refractivity contribution in [2.24, 2.45) is 0 Å². The van der Waals surface area contributed by atoms with Gasteiger partial charge in [-0.2, -0.15) is 0 Å². The SMILES string of the molecule is FC(F)[C@H](c1ccc(Cl)cc1)[Si](c1ccccc1)c1ccccc1. The molecule has 0 aliphatic heterocycles. The van der Waals surface area contributed by atoms with Crippen molar-refractivity contribution in [3.05, 3.63) is 95.5 Å². The third-order valence-electron chi connectivity index (χ3n) is 3.96. The van der Waals surface area contributed by atoms with Gasteiger partial charge in [-0.15, -0.1) is 0 Å². The predicted molar refractivity (Wildman–Crippen MR) is 98.1 cm³/mol. The summed E-state index contributed by atoms with van der Waals surface area (Å²) < 4.78 is 28.2. The van der Waals surface area contributed by atoms with Crippen LogP contribution in [-0.2, 0) is 0 Å². The monoisotopic (exact) mass is 357 g/mol. The molecule has 0 aliphatic carbocycles. The van der Waals surface area contributed by atoms with Crippen molar-refractivity contribution < 1.29 is 8.78 Å². The number of hydrogen-bond acceptors (Lipinski definition) is 0. The Morgan fingerprint density at radius 2 is 1.12 bits per heavy atom. The highest BCUT2D eigenvalue weighted by Gasteiger charge is 2.35. The Labute approximate surface area is 147 Å². The fraction of sp³-hybridized carbons (Fsp3) is 0.100. The fourth-order valence-corrected chi connectivity index (χ4v) is 5.93. The first-order valence-corrected chi connectivity index (χ1v) is 9.63. The largest absolute Gasteiger partial charge is 0.243 e. The number of rotatable bonds is 5. The lowest BCUT2D eigenvalue weighted by Crippen LogP contribution is -2.49. The van der Waals surface area contributed by atoms with E-state index in [1.165, 1.54) is 0 Å². The first-order valence-electron chi connectivity index (χ1n) is 7.68. The van der Waals surface area contributed by atoms with Crippen molar-refractivity contribution in [1.82, 2.24) is 0 Å². The van der Waals surface area contributed by atoms with Gasteiger partial charge >= 0.3 is 0 Å². The van der Waals surface area contributed by atoms with Gasteiger partial charge in [-0.05, 0) is 17.7 Å². The molecular weight excluding hydrogens is 342 g/mol. The molecule has 0 heterocycles. The van der Waals surface area contributed by atoms with Crippen LogP contribution in [0.5, 0.6) is 0 Å². The van der Waals surface area contributed by atoms with Crippen LogP contribution >= 0.6 is 11.6 Å². The number of hydrogen-bond donors (Lipinski definition) is 0. The van der Waals surface area contributed by atoms with Crippen molar-refractivity contribution >= 4 is 30.8 Å². The van der Waals surface area contributed by atoms with Crippen molar-refractivity contribution in [2.75, 3.05) is 0 Å². The van der Waals surface area contributed by atoms with Gasteiger partial charge in [-0.25, -0.2) is 8.78 Å². The van der Waals surface area contributed by atoms with Gasteiger partial charge < -0.3 is 0 Å². The van der Waals surface area contributed by atoms with E-state index in [1.807, 2.05) is 60.7 Å². The maximum atomic E-state index is 14.1. The molecule has 1 radical (unpaired) electrons. The molecule has 3 aromatic rings. The summed E-state index contributed by atoms with van der Waals surface area (Å²) in [5, 5.41) is 2.52. The number of alkyl halides is 2. The molecule has 0 amide bonds. The van der Waals surface area contributed by atoms with Crippen LogP contribution in [-0.4, -0.2) is 15.2 Å². The second-order valence-electron chi connectivity index (χ2n) is 5.51. The van der Waals surface area contributed by atoms with Gasteiger partial charge in [0.15, 0.2) is 0 Å². The standard InChI is InChI=1S/C20H16ClF2Si/c21-16-13-11-15(12-14-16)19(20(22)23)24(17-7-3-1-4-8-17)18-9-5-2-6-10-18/h1-14,19-20H/t19-/m0/s1. The highest BCUT2D eigenvalue weighted by molar-refractivity contribution is 6.86. The molecule has 0 unspecified atom stereocenters. The summed E-state index contributed by atoms with van der Waals surface area (Å²) in [6.45, 7) is 0. The predicted octanol–water partition coefficient (Wildman–Crippen LogP) is 4.54. The van der Waals surface area contributed by atoms with E-state index in [9.17, 15) is 8.78 Å². The molecule has 3 rings (SSSR count). The van der Waals surface area contributed by atoms with Gasteiger partial charge in [0, 0.05) is 10.6 Å². The molecule has 1 atom stereocenters. The van der Waals surface area contributed by atoms with E-state index in [-0.39, 0.29) is 0 Å². The molecule has 0 aliphatic rings. The Morgan fingerprint density at radius 3 is 1.54 bits per heavy atom. The average molecular weight is 358 g/mol. The molecule has 24 heavy (non-hydrogen) atoms. The summed E-state index contributed by atoms with van der Waals surface area (Å²) in [7, 11) is -1.70. The quantitative estimate of drug-likeness (QED) is 0.588. The van der Waals surface area contributed by atoms with Crippen LogP contribution in [0.15, 0.2) is 84.9 Å². The molecule has 3 aromatic carbocycles. The summed E-state index contributed by atoms with van der Waals surface area (Å²) in [6.07, 6.45) is -2.44. The highest BCUT2D eigenvalue weighted by atomic mass is 35.5. The molecular formula is C20H16ClF2Si. The maximum absolute atomic E-state index is 14.1. The van der Waals surface area contributed by atoms with Crippen LogP contribution in [0.2, 0.25) is 5.02 Å². The smallest absolute Gasteiger partial charge is 0.210 e. The Morgan fingerprint density at radius 1 is 0.667 bits per heavy atom. The van der Waals surface area contributed by atoms with Gasteiger partial charge in [-0.1, -0.05) is 94.8 Å². The Kier molecular flexibility index (Phi) is 5.43. The number of halogens is 3. The molecule has 0 N–H and O–H groups in total. The summed E-state index contributed by atoms with van der Waals surface area (Å²) >= 11 is 5.93. The van der Waals surface area contributed by atoms with Crippen molar-refractivity contribution in [3.8, 4) is 0 Å². The van der Waals surface area contributed by atoms with Crippen molar-refractivity contribution in [2.45, 2.75) is 12.0 Å². The van der Waals surface area contributed by atoms with Crippen LogP contribution in [0.1, 0.15) is 11.1 Å². The van der Waals surface area contributed by atoms with Crippen LogP contribution in [0.25, 0.3) is 0 Å². The molecule has 0 saturated heterocycles. The minimum atomic E-state index is -2.44. The van der Waals surface area contributed by atoms with E-state index in [0.29, 0.717) is 10.6 Å². The third kappa shape index (κ3) is 3.74. The van der Waals surface area contributed by atoms with Crippen LogP contribution in [0.4, 0.5) is 8.78 Å². The molecule has 0 bridgehead atoms.